The summed E-state index contributed by atoms with van der Waals surface area (Å²) < 4.78 is 33.7. The Hall–Kier alpha value is -3.83. The molecule has 0 saturated carbocycles. The highest BCUT2D eigenvalue weighted by molar-refractivity contribution is 5.71. The van der Waals surface area contributed by atoms with Crippen LogP contribution in [0.3, 0.4) is 0 Å². The molecule has 4 aromatic rings. The van der Waals surface area contributed by atoms with Gasteiger partial charge >= 0.3 is 5.97 Å². The number of esters is 1. The quantitative estimate of drug-likeness (QED) is 0.204. The number of nitrogens with zero attached hydrogens (tertiary/aromatic N) is 1. The van der Waals surface area contributed by atoms with Crippen LogP contribution in [-0.4, -0.2) is 16.5 Å². The molecule has 0 fully saturated rings. The lowest BCUT2D eigenvalue weighted by Crippen LogP contribution is -2.34. The Morgan fingerprint density at radius 1 is 0.821 bits per heavy atom. The Morgan fingerprint density at radius 2 is 1.44 bits per heavy atom. The average Bonchev–Trinajstić information content (AvgIpc) is 2.90. The number of hydrogen-bond acceptors (Lipinski definition) is 3. The Kier molecular flexibility index (Phi) is 8.93. The van der Waals surface area contributed by atoms with Gasteiger partial charge in [0.05, 0.1) is 6.42 Å². The minimum Gasteiger partial charge on any atom is -0.460 e. The molecule has 0 aliphatic heterocycles. The van der Waals surface area contributed by atoms with Crippen molar-refractivity contribution in [1.82, 2.24) is 4.90 Å². The lowest BCUT2D eigenvalue weighted by atomic mass is 9.94. The van der Waals surface area contributed by atoms with E-state index in [1.165, 1.54) is 12.1 Å². The third-order valence-electron chi connectivity index (χ3n) is 6.71. The van der Waals surface area contributed by atoms with Crippen molar-refractivity contribution < 1.29 is 18.3 Å². The van der Waals surface area contributed by atoms with Gasteiger partial charge in [-0.05, 0) is 62.1 Å². The van der Waals surface area contributed by atoms with Crippen molar-refractivity contribution in [3.05, 3.63) is 131 Å². The summed E-state index contributed by atoms with van der Waals surface area (Å²) in [5, 5.41) is 0. The van der Waals surface area contributed by atoms with Gasteiger partial charge in [0.15, 0.2) is 0 Å². The van der Waals surface area contributed by atoms with Crippen molar-refractivity contribution in [2.45, 2.75) is 58.3 Å². The summed E-state index contributed by atoms with van der Waals surface area (Å²) in [6, 6.07) is 31.1. The van der Waals surface area contributed by atoms with Gasteiger partial charge in [-0.1, -0.05) is 84.9 Å². The molecule has 0 heterocycles. The van der Waals surface area contributed by atoms with Crippen LogP contribution < -0.4 is 0 Å². The molecule has 0 bridgehead atoms. The largest absolute Gasteiger partial charge is 0.460 e. The van der Waals surface area contributed by atoms with Crippen molar-refractivity contribution in [3.8, 4) is 11.1 Å². The topological polar surface area (TPSA) is 29.5 Å². The minimum atomic E-state index is -0.614. The van der Waals surface area contributed by atoms with E-state index in [1.54, 1.807) is 0 Å². The zero-order valence-electron chi connectivity index (χ0n) is 22.9. The number of carbonyl (C=O) groups is 1. The SMILES string of the molecule is C[C@H](c1ccccc1)N(Cc1ccccc1)[C@@H](CC(=O)OC(C)(C)C)c1ccc(-c2ccc(F)cc2F)cc1. The predicted octanol–water partition coefficient (Wildman–Crippen LogP) is 8.67. The highest BCUT2D eigenvalue weighted by Gasteiger charge is 2.30. The van der Waals surface area contributed by atoms with E-state index in [9.17, 15) is 13.6 Å². The maximum Gasteiger partial charge on any atom is 0.308 e. The molecule has 0 aliphatic rings. The van der Waals surface area contributed by atoms with E-state index in [0.717, 1.165) is 22.8 Å². The zero-order chi connectivity index (χ0) is 28.0. The fraction of sp³-hybridized carbons (Fsp3) is 0.265. The summed E-state index contributed by atoms with van der Waals surface area (Å²) in [6.45, 7) is 8.34. The van der Waals surface area contributed by atoms with Crippen LogP contribution in [0.25, 0.3) is 11.1 Å². The van der Waals surface area contributed by atoms with E-state index in [-0.39, 0.29) is 24.5 Å². The van der Waals surface area contributed by atoms with Crippen molar-refractivity contribution in [1.29, 1.82) is 0 Å². The van der Waals surface area contributed by atoms with Crippen molar-refractivity contribution >= 4 is 5.97 Å². The van der Waals surface area contributed by atoms with Crippen LogP contribution in [0.15, 0.2) is 103 Å². The van der Waals surface area contributed by atoms with Gasteiger partial charge < -0.3 is 4.74 Å². The second kappa shape index (κ2) is 12.4. The summed E-state index contributed by atoms with van der Waals surface area (Å²) in [5.41, 5.74) is 3.52. The molecular formula is C34H35F2NO2. The smallest absolute Gasteiger partial charge is 0.308 e. The average molecular weight is 528 g/mol. The number of carbonyl (C=O) groups excluding carboxylic acids is 1. The maximum absolute atomic E-state index is 14.5. The molecule has 0 aromatic heterocycles. The van der Waals surface area contributed by atoms with Gasteiger partial charge in [0.25, 0.3) is 0 Å². The third-order valence-corrected chi connectivity index (χ3v) is 6.71. The van der Waals surface area contributed by atoms with E-state index in [4.69, 9.17) is 4.74 Å². The molecule has 39 heavy (non-hydrogen) atoms. The molecule has 5 heteroatoms. The fourth-order valence-corrected chi connectivity index (χ4v) is 4.81. The Labute approximate surface area is 230 Å². The standard InChI is InChI=1S/C34H35F2NO2/c1-24(26-13-9-6-10-14-26)37(23-25-11-7-5-8-12-25)32(22-33(38)39-34(2,3)4)28-17-15-27(16-18-28)30-20-19-29(35)21-31(30)36/h5-21,24,32H,22-23H2,1-4H3/t24-,32+/m1/s1. The molecular weight excluding hydrogens is 492 g/mol. The molecule has 202 valence electrons. The van der Waals surface area contributed by atoms with Gasteiger partial charge in [-0.3, -0.25) is 9.69 Å². The van der Waals surface area contributed by atoms with Crippen LogP contribution in [0.4, 0.5) is 8.78 Å². The van der Waals surface area contributed by atoms with Crippen LogP contribution >= 0.6 is 0 Å². The van der Waals surface area contributed by atoms with Crippen molar-refractivity contribution in [2.75, 3.05) is 0 Å². The van der Waals surface area contributed by atoms with Crippen LogP contribution in [-0.2, 0) is 16.1 Å². The molecule has 0 saturated heterocycles. The maximum atomic E-state index is 14.5. The predicted molar refractivity (Wildman–Crippen MR) is 152 cm³/mol. The summed E-state index contributed by atoms with van der Waals surface area (Å²) in [7, 11) is 0. The van der Waals surface area contributed by atoms with Crippen molar-refractivity contribution in [3.63, 3.8) is 0 Å². The zero-order valence-corrected chi connectivity index (χ0v) is 22.9. The number of benzene rings is 4. The molecule has 4 rings (SSSR count). The van der Waals surface area contributed by atoms with E-state index >= 15 is 0 Å². The number of halogens is 2. The van der Waals surface area contributed by atoms with E-state index in [1.807, 2.05) is 81.4 Å². The van der Waals surface area contributed by atoms with E-state index < -0.39 is 17.2 Å². The number of rotatable bonds is 9. The molecule has 0 radical (unpaired) electrons. The fourth-order valence-electron chi connectivity index (χ4n) is 4.81. The summed E-state index contributed by atoms with van der Waals surface area (Å²) in [5.74, 6) is -1.52. The van der Waals surface area contributed by atoms with Crippen LogP contribution in [0.2, 0.25) is 0 Å². The number of hydrogen-bond donors (Lipinski definition) is 0. The summed E-state index contributed by atoms with van der Waals surface area (Å²) in [4.78, 5) is 15.5. The second-order valence-corrected chi connectivity index (χ2v) is 10.8. The first-order valence-electron chi connectivity index (χ1n) is 13.2. The Bertz CT molecular complexity index is 1370. The van der Waals surface area contributed by atoms with Crippen LogP contribution in [0, 0.1) is 11.6 Å². The minimum absolute atomic E-state index is 0.0203. The molecule has 3 nitrogen and oxygen atoms in total. The highest BCUT2D eigenvalue weighted by Crippen LogP contribution is 2.36. The first kappa shape index (κ1) is 28.2. The van der Waals surface area contributed by atoms with Crippen LogP contribution in [0.1, 0.15) is 62.9 Å². The summed E-state index contributed by atoms with van der Waals surface area (Å²) in [6.07, 6.45) is 0.144. The molecule has 2 atom stereocenters. The molecule has 0 aliphatic carbocycles. The first-order valence-corrected chi connectivity index (χ1v) is 13.2. The van der Waals surface area contributed by atoms with Gasteiger partial charge in [0.2, 0.25) is 0 Å². The van der Waals surface area contributed by atoms with Gasteiger partial charge in [0, 0.05) is 30.3 Å². The first-order chi connectivity index (χ1) is 18.6. The summed E-state index contributed by atoms with van der Waals surface area (Å²) >= 11 is 0. The Morgan fingerprint density at radius 3 is 2.03 bits per heavy atom. The lowest BCUT2D eigenvalue weighted by Gasteiger charge is -2.37. The molecule has 0 N–H and O–H groups in total. The Balaban J connectivity index is 1.75. The third kappa shape index (κ3) is 7.61. The van der Waals surface area contributed by atoms with Gasteiger partial charge in [-0.25, -0.2) is 8.78 Å². The van der Waals surface area contributed by atoms with E-state index in [2.05, 4.69) is 36.1 Å². The normalized spacial score (nSPS) is 13.2. The lowest BCUT2D eigenvalue weighted by molar-refractivity contribution is -0.156. The molecule has 4 aromatic carbocycles. The van der Waals surface area contributed by atoms with Gasteiger partial charge in [0.1, 0.15) is 17.2 Å². The monoisotopic (exact) mass is 527 g/mol. The molecule has 0 spiro atoms. The van der Waals surface area contributed by atoms with Crippen LogP contribution in [0.5, 0.6) is 0 Å². The number of ether oxygens (including phenoxy) is 1. The van der Waals surface area contributed by atoms with Gasteiger partial charge in [-0.2, -0.15) is 0 Å². The highest BCUT2D eigenvalue weighted by atomic mass is 19.1. The van der Waals surface area contributed by atoms with Crippen molar-refractivity contribution in [2.24, 2.45) is 0 Å². The van der Waals surface area contributed by atoms with E-state index in [0.29, 0.717) is 17.7 Å². The van der Waals surface area contributed by atoms with Gasteiger partial charge in [-0.15, -0.1) is 0 Å². The second-order valence-electron chi connectivity index (χ2n) is 10.8. The molecule has 0 amide bonds. The molecule has 0 unspecified atom stereocenters.